The van der Waals surface area contributed by atoms with E-state index >= 15 is 0 Å². The lowest BCUT2D eigenvalue weighted by Crippen LogP contribution is -2.32. The number of methoxy groups -OCH3 is 1. The van der Waals surface area contributed by atoms with E-state index < -0.39 is 0 Å². The third-order valence-corrected chi connectivity index (χ3v) is 5.52. The van der Waals surface area contributed by atoms with Gasteiger partial charge in [0.05, 0.1) is 31.3 Å². The lowest BCUT2D eigenvalue weighted by molar-refractivity contribution is -0.140. The quantitative estimate of drug-likeness (QED) is 0.483. The predicted octanol–water partition coefficient (Wildman–Crippen LogP) is 3.55. The number of carbonyl (C=O) groups is 1. The molecule has 0 bridgehead atoms. The van der Waals surface area contributed by atoms with Gasteiger partial charge in [0.1, 0.15) is 5.82 Å². The average Bonchev–Trinajstić information content (AvgIpc) is 3.37. The Bertz CT molecular complexity index is 1040. The molecular formula is C22H21FN4O2S. The van der Waals surface area contributed by atoms with Crippen LogP contribution < -0.4 is 5.32 Å². The zero-order valence-electron chi connectivity index (χ0n) is 16.4. The van der Waals surface area contributed by atoms with Crippen LogP contribution in [-0.4, -0.2) is 39.2 Å². The number of hydrogen-bond donors (Lipinski definition) is 1. The van der Waals surface area contributed by atoms with E-state index in [1.807, 2.05) is 46.0 Å². The predicted molar refractivity (Wildman–Crippen MR) is 115 cm³/mol. The number of halogens is 1. The van der Waals surface area contributed by atoms with Crippen molar-refractivity contribution in [2.24, 2.45) is 0 Å². The van der Waals surface area contributed by atoms with Crippen molar-refractivity contribution in [2.75, 3.05) is 13.7 Å². The first-order valence-electron chi connectivity index (χ1n) is 9.56. The van der Waals surface area contributed by atoms with Crippen LogP contribution in [0.3, 0.4) is 0 Å². The molecule has 0 saturated carbocycles. The number of rotatable bonds is 6. The van der Waals surface area contributed by atoms with Gasteiger partial charge < -0.3 is 19.5 Å². The highest BCUT2D eigenvalue weighted by Crippen LogP contribution is 2.39. The molecular weight excluding hydrogens is 403 g/mol. The van der Waals surface area contributed by atoms with Gasteiger partial charge in [-0.1, -0.05) is 6.07 Å². The van der Waals surface area contributed by atoms with Gasteiger partial charge in [-0.05, 0) is 60.7 Å². The van der Waals surface area contributed by atoms with Crippen molar-refractivity contribution < 1.29 is 13.9 Å². The highest BCUT2D eigenvalue weighted by Gasteiger charge is 2.41. The SMILES string of the molecule is COC(=O)CCN1C(=S)N[C@H](c2ccccn2)[C@@H]1c1cccn1-c1ccc(F)cc1. The summed E-state index contributed by atoms with van der Waals surface area (Å²) in [4.78, 5) is 18.3. The normalized spacial score (nSPS) is 18.3. The smallest absolute Gasteiger partial charge is 0.307 e. The molecule has 1 aromatic carbocycles. The van der Waals surface area contributed by atoms with E-state index in [1.54, 1.807) is 18.3 Å². The highest BCUT2D eigenvalue weighted by atomic mass is 32.1. The Hall–Kier alpha value is -3.26. The van der Waals surface area contributed by atoms with E-state index in [1.165, 1.54) is 19.2 Å². The van der Waals surface area contributed by atoms with Crippen molar-refractivity contribution in [3.8, 4) is 5.69 Å². The Morgan fingerprint density at radius 2 is 2.00 bits per heavy atom. The number of pyridine rings is 1. The fourth-order valence-corrected chi connectivity index (χ4v) is 4.09. The second kappa shape index (κ2) is 8.62. The van der Waals surface area contributed by atoms with Crippen LogP contribution in [0.5, 0.6) is 0 Å². The molecule has 0 amide bonds. The molecule has 1 N–H and O–H groups in total. The van der Waals surface area contributed by atoms with Crippen LogP contribution >= 0.6 is 12.2 Å². The summed E-state index contributed by atoms with van der Waals surface area (Å²) in [5, 5.41) is 3.91. The molecule has 1 aliphatic heterocycles. The Kier molecular flexibility index (Phi) is 5.76. The molecule has 2 aromatic heterocycles. The van der Waals surface area contributed by atoms with Crippen molar-refractivity contribution in [1.82, 2.24) is 19.8 Å². The lowest BCUT2D eigenvalue weighted by Gasteiger charge is -2.28. The fourth-order valence-electron chi connectivity index (χ4n) is 3.75. The van der Waals surface area contributed by atoms with Crippen molar-refractivity contribution in [1.29, 1.82) is 0 Å². The number of nitrogens with one attached hydrogen (secondary N) is 1. The number of aromatic nitrogens is 2. The number of ether oxygens (including phenoxy) is 1. The van der Waals surface area contributed by atoms with Crippen LogP contribution in [0.4, 0.5) is 4.39 Å². The first-order chi connectivity index (χ1) is 14.6. The van der Waals surface area contributed by atoms with Crippen molar-refractivity contribution in [3.63, 3.8) is 0 Å². The maximum atomic E-state index is 13.4. The summed E-state index contributed by atoms with van der Waals surface area (Å²) in [7, 11) is 1.37. The first kappa shape index (κ1) is 20.0. The molecule has 1 fully saturated rings. The molecule has 3 aromatic rings. The zero-order valence-corrected chi connectivity index (χ0v) is 17.2. The molecule has 6 nitrogen and oxygen atoms in total. The number of benzene rings is 1. The van der Waals surface area contributed by atoms with Crippen molar-refractivity contribution in [2.45, 2.75) is 18.5 Å². The minimum Gasteiger partial charge on any atom is -0.469 e. The Balaban J connectivity index is 1.75. The fraction of sp³-hybridized carbons (Fsp3) is 0.227. The topological polar surface area (TPSA) is 59.4 Å². The van der Waals surface area contributed by atoms with E-state index in [-0.39, 0.29) is 30.3 Å². The van der Waals surface area contributed by atoms with Crippen LogP contribution in [0, 0.1) is 5.82 Å². The molecule has 3 heterocycles. The van der Waals surface area contributed by atoms with Gasteiger partial charge in [0.25, 0.3) is 0 Å². The van der Waals surface area contributed by atoms with Gasteiger partial charge >= 0.3 is 5.97 Å². The Labute approximate surface area is 179 Å². The number of esters is 1. The minimum absolute atomic E-state index is 0.203. The van der Waals surface area contributed by atoms with E-state index in [9.17, 15) is 9.18 Å². The van der Waals surface area contributed by atoms with Gasteiger partial charge in [-0.25, -0.2) is 4.39 Å². The third-order valence-electron chi connectivity index (χ3n) is 5.17. The van der Waals surface area contributed by atoms with Crippen molar-refractivity contribution in [3.05, 3.63) is 84.2 Å². The van der Waals surface area contributed by atoms with E-state index in [2.05, 4.69) is 10.3 Å². The molecule has 8 heteroatoms. The van der Waals surface area contributed by atoms with E-state index in [4.69, 9.17) is 17.0 Å². The zero-order chi connectivity index (χ0) is 21.1. The number of thiocarbonyl (C=S) groups is 1. The molecule has 0 unspecified atom stereocenters. The van der Waals surface area contributed by atoms with Gasteiger partial charge in [-0.3, -0.25) is 9.78 Å². The average molecular weight is 425 g/mol. The van der Waals surface area contributed by atoms with Crippen LogP contribution in [0.15, 0.2) is 67.0 Å². The molecule has 154 valence electrons. The molecule has 1 saturated heterocycles. The summed E-state index contributed by atoms with van der Waals surface area (Å²) in [6.45, 7) is 0.404. The van der Waals surface area contributed by atoms with Crippen LogP contribution in [0.1, 0.15) is 29.9 Å². The van der Waals surface area contributed by atoms with Crippen LogP contribution in [0.25, 0.3) is 5.69 Å². The summed E-state index contributed by atoms with van der Waals surface area (Å²) in [6.07, 6.45) is 3.88. The largest absolute Gasteiger partial charge is 0.469 e. The van der Waals surface area contributed by atoms with Gasteiger partial charge in [0, 0.05) is 30.3 Å². The second-order valence-electron chi connectivity index (χ2n) is 6.93. The molecule has 0 aliphatic carbocycles. The van der Waals surface area contributed by atoms with E-state index in [0.717, 1.165) is 17.1 Å². The lowest BCUT2D eigenvalue weighted by atomic mass is 10.0. The molecule has 2 atom stereocenters. The Morgan fingerprint density at radius 1 is 1.20 bits per heavy atom. The summed E-state index contributed by atoms with van der Waals surface area (Å²) in [5.41, 5.74) is 2.63. The van der Waals surface area contributed by atoms with Crippen LogP contribution in [0.2, 0.25) is 0 Å². The van der Waals surface area contributed by atoms with Crippen LogP contribution in [-0.2, 0) is 9.53 Å². The van der Waals surface area contributed by atoms with Crippen molar-refractivity contribution >= 4 is 23.3 Å². The number of carbonyl (C=O) groups excluding carboxylic acids is 1. The van der Waals surface area contributed by atoms with Gasteiger partial charge in [-0.2, -0.15) is 0 Å². The first-order valence-corrected chi connectivity index (χ1v) is 9.97. The highest BCUT2D eigenvalue weighted by molar-refractivity contribution is 7.80. The third kappa shape index (κ3) is 3.91. The maximum Gasteiger partial charge on any atom is 0.307 e. The summed E-state index contributed by atoms with van der Waals surface area (Å²) in [6, 6.07) is 15.6. The molecule has 30 heavy (non-hydrogen) atoms. The summed E-state index contributed by atoms with van der Waals surface area (Å²) >= 11 is 5.61. The maximum absolute atomic E-state index is 13.4. The number of nitrogens with zero attached hydrogens (tertiary/aromatic N) is 3. The van der Waals surface area contributed by atoms with Gasteiger partial charge in [-0.15, -0.1) is 0 Å². The monoisotopic (exact) mass is 424 g/mol. The summed E-state index contributed by atoms with van der Waals surface area (Å²) < 4.78 is 20.2. The van der Waals surface area contributed by atoms with Gasteiger partial charge in [0.2, 0.25) is 0 Å². The minimum atomic E-state index is -0.299. The van der Waals surface area contributed by atoms with E-state index in [0.29, 0.717) is 11.7 Å². The number of hydrogen-bond acceptors (Lipinski definition) is 4. The Morgan fingerprint density at radius 3 is 2.70 bits per heavy atom. The molecule has 0 spiro atoms. The molecule has 0 radical (unpaired) electrons. The second-order valence-corrected chi connectivity index (χ2v) is 7.31. The van der Waals surface area contributed by atoms with Gasteiger partial charge in [0.15, 0.2) is 5.11 Å². The molecule has 1 aliphatic rings. The standard InChI is InChI=1S/C22H21FN4O2S/c1-29-19(28)11-14-27-21(20(25-22(27)30)17-5-2-3-12-24-17)18-6-4-13-26(18)16-9-7-15(23)8-10-16/h2-10,12-13,20-21H,11,14H2,1H3,(H,25,30)/t20-,21+/m1/s1. The summed E-state index contributed by atoms with van der Waals surface area (Å²) in [5.74, 6) is -0.589. The molecule has 4 rings (SSSR count).